The third kappa shape index (κ3) is 4.66. The van der Waals surface area contributed by atoms with Crippen molar-refractivity contribution in [2.45, 2.75) is 44.6 Å². The van der Waals surface area contributed by atoms with Crippen LogP contribution in [0.1, 0.15) is 38.5 Å². The van der Waals surface area contributed by atoms with Crippen LogP contribution in [-0.4, -0.2) is 84.4 Å². The fourth-order valence-electron chi connectivity index (χ4n) is 4.49. The molecular formula is C18H31N5O3. The Morgan fingerprint density at radius 3 is 2.23 bits per heavy atom. The van der Waals surface area contributed by atoms with E-state index >= 15 is 0 Å². The van der Waals surface area contributed by atoms with E-state index in [-0.39, 0.29) is 18.4 Å². The number of carbonyl (C=O) groups is 3. The van der Waals surface area contributed by atoms with Gasteiger partial charge in [-0.25, -0.2) is 4.79 Å². The van der Waals surface area contributed by atoms with Crippen LogP contribution in [0.15, 0.2) is 0 Å². The average Bonchev–Trinajstić information content (AvgIpc) is 3.20. The minimum atomic E-state index is -0.671. The highest BCUT2D eigenvalue weighted by atomic mass is 16.2. The second-order valence-corrected chi connectivity index (χ2v) is 7.70. The van der Waals surface area contributed by atoms with Crippen LogP contribution in [0.25, 0.3) is 0 Å². The molecule has 0 aromatic rings. The van der Waals surface area contributed by atoms with Gasteiger partial charge in [0.25, 0.3) is 0 Å². The van der Waals surface area contributed by atoms with Crippen molar-refractivity contribution in [2.75, 3.05) is 45.8 Å². The Kier molecular flexibility index (Phi) is 6.34. The summed E-state index contributed by atoms with van der Waals surface area (Å²) < 4.78 is 0. The van der Waals surface area contributed by atoms with E-state index in [1.807, 2.05) is 4.90 Å². The monoisotopic (exact) mass is 365 g/mol. The van der Waals surface area contributed by atoms with E-state index in [0.29, 0.717) is 25.0 Å². The summed E-state index contributed by atoms with van der Waals surface area (Å²) in [6, 6.07) is -0.229. The van der Waals surface area contributed by atoms with E-state index in [4.69, 9.17) is 5.73 Å². The highest BCUT2D eigenvalue weighted by molar-refractivity contribution is 5.83. The molecule has 4 amide bonds. The van der Waals surface area contributed by atoms with E-state index in [1.165, 1.54) is 0 Å². The van der Waals surface area contributed by atoms with E-state index in [2.05, 4.69) is 10.2 Å². The van der Waals surface area contributed by atoms with Crippen molar-refractivity contribution < 1.29 is 14.4 Å². The van der Waals surface area contributed by atoms with Crippen LogP contribution in [-0.2, 0) is 9.59 Å². The number of amides is 4. The maximum Gasteiger partial charge on any atom is 0.312 e. The fraction of sp³-hybridized carbons (Fsp3) is 0.833. The molecule has 3 rings (SSSR count). The number of hydrogen-bond acceptors (Lipinski definition) is 4. The summed E-state index contributed by atoms with van der Waals surface area (Å²) in [6.07, 6.45) is 6.20. The summed E-state index contributed by atoms with van der Waals surface area (Å²) in [5.41, 5.74) is 5.01. The molecule has 146 valence electrons. The Balaban J connectivity index is 1.45. The molecule has 3 aliphatic heterocycles. The van der Waals surface area contributed by atoms with Gasteiger partial charge in [0, 0.05) is 38.8 Å². The molecule has 3 aliphatic rings. The molecule has 0 spiro atoms. The lowest BCUT2D eigenvalue weighted by atomic mass is 9.93. The van der Waals surface area contributed by atoms with E-state index in [0.717, 1.165) is 64.7 Å². The summed E-state index contributed by atoms with van der Waals surface area (Å²) in [5, 5.41) is 2.36. The molecule has 26 heavy (non-hydrogen) atoms. The van der Waals surface area contributed by atoms with Gasteiger partial charge in [-0.1, -0.05) is 0 Å². The van der Waals surface area contributed by atoms with Gasteiger partial charge in [-0.05, 0) is 45.1 Å². The normalized spacial score (nSPS) is 25.3. The average molecular weight is 365 g/mol. The first kappa shape index (κ1) is 18.9. The predicted octanol–water partition coefficient (Wildman–Crippen LogP) is -0.0199. The number of nitrogens with zero attached hydrogens (tertiary/aromatic N) is 3. The number of primary amides is 1. The van der Waals surface area contributed by atoms with Gasteiger partial charge in [0.05, 0.1) is 12.5 Å². The topological polar surface area (TPSA) is 99.0 Å². The van der Waals surface area contributed by atoms with Crippen LogP contribution in [0.4, 0.5) is 4.79 Å². The number of piperidine rings is 2. The molecule has 0 bridgehead atoms. The molecule has 3 saturated heterocycles. The van der Waals surface area contributed by atoms with Crippen LogP contribution in [0.5, 0.6) is 0 Å². The van der Waals surface area contributed by atoms with Crippen LogP contribution in [0.3, 0.4) is 0 Å². The molecule has 0 aromatic heterocycles. The zero-order valence-electron chi connectivity index (χ0n) is 15.5. The van der Waals surface area contributed by atoms with Crippen molar-refractivity contribution in [1.29, 1.82) is 0 Å². The number of nitrogens with one attached hydrogen (secondary N) is 1. The van der Waals surface area contributed by atoms with Crippen molar-refractivity contribution in [3.8, 4) is 0 Å². The van der Waals surface area contributed by atoms with Gasteiger partial charge in [0.15, 0.2) is 0 Å². The van der Waals surface area contributed by atoms with Gasteiger partial charge in [0.2, 0.25) is 11.8 Å². The summed E-state index contributed by atoms with van der Waals surface area (Å²) in [7, 11) is 0. The maximum absolute atomic E-state index is 12.7. The molecule has 8 nitrogen and oxygen atoms in total. The summed E-state index contributed by atoms with van der Waals surface area (Å²) in [5.74, 6) is 0.404. The molecule has 0 aliphatic carbocycles. The number of carbonyl (C=O) groups excluding carboxylic acids is 3. The smallest absolute Gasteiger partial charge is 0.312 e. The minimum absolute atomic E-state index is 0.0316. The lowest BCUT2D eigenvalue weighted by Crippen LogP contribution is -2.52. The second kappa shape index (κ2) is 8.70. The molecule has 3 heterocycles. The Bertz CT molecular complexity index is 527. The van der Waals surface area contributed by atoms with Crippen LogP contribution >= 0.6 is 0 Å². The van der Waals surface area contributed by atoms with Crippen molar-refractivity contribution >= 4 is 17.8 Å². The summed E-state index contributed by atoms with van der Waals surface area (Å²) in [4.78, 5) is 41.8. The van der Waals surface area contributed by atoms with Gasteiger partial charge in [-0.15, -0.1) is 0 Å². The lowest BCUT2D eigenvalue weighted by molar-refractivity contribution is -0.136. The van der Waals surface area contributed by atoms with Crippen LogP contribution < -0.4 is 11.1 Å². The largest absolute Gasteiger partial charge is 0.352 e. The predicted molar refractivity (Wildman–Crippen MR) is 97.3 cm³/mol. The van der Waals surface area contributed by atoms with Gasteiger partial charge in [0.1, 0.15) is 0 Å². The third-order valence-corrected chi connectivity index (χ3v) is 5.97. The third-order valence-electron chi connectivity index (χ3n) is 5.97. The van der Waals surface area contributed by atoms with Gasteiger partial charge in [-0.2, -0.15) is 0 Å². The van der Waals surface area contributed by atoms with Crippen molar-refractivity contribution in [1.82, 2.24) is 20.0 Å². The molecule has 3 N–H and O–H groups in total. The molecule has 0 saturated carbocycles. The Morgan fingerprint density at radius 2 is 1.58 bits per heavy atom. The standard InChI is InChI=1S/C18H31N5O3/c19-18(26)20-12-16(24)21-10-5-15(6-11-21)23-9-3-4-14(13-23)17(25)22-7-1-2-8-22/h14-15H,1-13H2,(H3,19,20,26)/t14-/m0/s1. The molecular weight excluding hydrogens is 334 g/mol. The van der Waals surface area contributed by atoms with E-state index < -0.39 is 6.03 Å². The second-order valence-electron chi connectivity index (χ2n) is 7.70. The van der Waals surface area contributed by atoms with Gasteiger partial charge in [-0.3, -0.25) is 14.5 Å². The summed E-state index contributed by atoms with van der Waals surface area (Å²) in [6.45, 7) is 5.12. The zero-order valence-corrected chi connectivity index (χ0v) is 15.5. The zero-order chi connectivity index (χ0) is 18.5. The Morgan fingerprint density at radius 1 is 0.885 bits per heavy atom. The van der Waals surface area contributed by atoms with Crippen molar-refractivity contribution in [3.63, 3.8) is 0 Å². The Labute approximate surface area is 155 Å². The van der Waals surface area contributed by atoms with Crippen molar-refractivity contribution in [3.05, 3.63) is 0 Å². The van der Waals surface area contributed by atoms with E-state index in [1.54, 1.807) is 4.90 Å². The number of hydrogen-bond donors (Lipinski definition) is 2. The maximum atomic E-state index is 12.7. The molecule has 0 aromatic carbocycles. The SMILES string of the molecule is NC(=O)NCC(=O)N1CCC(N2CCC[C@H](C(=O)N3CCCC3)C2)CC1. The van der Waals surface area contributed by atoms with E-state index in [9.17, 15) is 14.4 Å². The summed E-state index contributed by atoms with van der Waals surface area (Å²) >= 11 is 0. The number of rotatable bonds is 4. The fourth-order valence-corrected chi connectivity index (χ4v) is 4.49. The molecule has 1 atom stereocenters. The first-order chi connectivity index (χ1) is 12.5. The highest BCUT2D eigenvalue weighted by Gasteiger charge is 2.34. The van der Waals surface area contributed by atoms with Gasteiger partial charge >= 0.3 is 6.03 Å². The number of likely N-dealkylation sites (tertiary alicyclic amines) is 3. The number of nitrogens with two attached hydrogens (primary N) is 1. The van der Waals surface area contributed by atoms with Gasteiger partial charge < -0.3 is 20.9 Å². The first-order valence-corrected chi connectivity index (χ1v) is 9.88. The minimum Gasteiger partial charge on any atom is -0.352 e. The Hall–Kier alpha value is -1.83. The van der Waals surface area contributed by atoms with Crippen LogP contribution in [0.2, 0.25) is 0 Å². The molecule has 0 radical (unpaired) electrons. The number of urea groups is 1. The highest BCUT2D eigenvalue weighted by Crippen LogP contribution is 2.26. The molecule has 3 fully saturated rings. The van der Waals surface area contributed by atoms with Crippen molar-refractivity contribution in [2.24, 2.45) is 11.7 Å². The molecule has 0 unspecified atom stereocenters. The van der Waals surface area contributed by atoms with Crippen LogP contribution in [0, 0.1) is 5.92 Å². The first-order valence-electron chi connectivity index (χ1n) is 9.88. The molecule has 8 heteroatoms. The quantitative estimate of drug-likeness (QED) is 0.731. The lowest BCUT2D eigenvalue weighted by Gasteiger charge is -2.42.